The van der Waals surface area contributed by atoms with Crippen molar-refractivity contribution in [1.82, 2.24) is 15.3 Å². The predicted molar refractivity (Wildman–Crippen MR) is 60.7 cm³/mol. The van der Waals surface area contributed by atoms with Gasteiger partial charge in [-0.25, -0.2) is 4.98 Å². The summed E-state index contributed by atoms with van der Waals surface area (Å²) in [6, 6.07) is 8.62. The summed E-state index contributed by atoms with van der Waals surface area (Å²) in [4.78, 5) is 8.01. The molecule has 3 nitrogen and oxygen atoms in total. The van der Waals surface area contributed by atoms with Crippen LogP contribution in [0.1, 0.15) is 31.1 Å². The third-order valence-electron chi connectivity index (χ3n) is 3.05. The van der Waals surface area contributed by atoms with Crippen molar-refractivity contribution in [3.8, 4) is 0 Å². The zero-order chi connectivity index (χ0) is 10.1. The van der Waals surface area contributed by atoms with E-state index >= 15 is 0 Å². The van der Waals surface area contributed by atoms with Crippen molar-refractivity contribution in [2.24, 2.45) is 0 Å². The lowest BCUT2D eigenvalue weighted by Gasteiger charge is -2.21. The molecular weight excluding hydrogens is 186 g/mol. The van der Waals surface area contributed by atoms with Crippen molar-refractivity contribution >= 4 is 11.0 Å². The highest BCUT2D eigenvalue weighted by atomic mass is 15.0. The summed E-state index contributed by atoms with van der Waals surface area (Å²) in [6.45, 7) is 1.11. The number of nitrogens with one attached hydrogen (secondary N) is 2. The second-order valence-corrected chi connectivity index (χ2v) is 4.14. The molecule has 0 unspecified atom stereocenters. The van der Waals surface area contributed by atoms with E-state index in [4.69, 9.17) is 0 Å². The first kappa shape index (κ1) is 8.92. The molecule has 1 fully saturated rings. The van der Waals surface area contributed by atoms with Crippen LogP contribution in [0.15, 0.2) is 24.3 Å². The third kappa shape index (κ3) is 1.63. The van der Waals surface area contributed by atoms with Crippen LogP contribution in [0.4, 0.5) is 0 Å². The largest absolute Gasteiger partial charge is 0.341 e. The minimum absolute atomic E-state index is 0.422. The molecule has 0 saturated carbocycles. The van der Waals surface area contributed by atoms with E-state index in [1.165, 1.54) is 19.3 Å². The van der Waals surface area contributed by atoms with E-state index in [0.29, 0.717) is 6.04 Å². The fourth-order valence-corrected chi connectivity index (χ4v) is 2.22. The van der Waals surface area contributed by atoms with Gasteiger partial charge in [-0.2, -0.15) is 0 Å². The number of piperidine rings is 1. The van der Waals surface area contributed by atoms with Gasteiger partial charge in [0.15, 0.2) is 0 Å². The maximum absolute atomic E-state index is 4.62. The lowest BCUT2D eigenvalue weighted by molar-refractivity contribution is 0.400. The van der Waals surface area contributed by atoms with Crippen molar-refractivity contribution in [3.63, 3.8) is 0 Å². The molecule has 3 heteroatoms. The zero-order valence-corrected chi connectivity index (χ0v) is 8.66. The number of hydrogen-bond acceptors (Lipinski definition) is 2. The monoisotopic (exact) mass is 201 g/mol. The van der Waals surface area contributed by atoms with Gasteiger partial charge in [-0.15, -0.1) is 0 Å². The van der Waals surface area contributed by atoms with Crippen LogP contribution in [0.25, 0.3) is 11.0 Å². The molecule has 1 aromatic carbocycles. The summed E-state index contributed by atoms with van der Waals surface area (Å²) in [7, 11) is 0. The summed E-state index contributed by atoms with van der Waals surface area (Å²) < 4.78 is 0. The van der Waals surface area contributed by atoms with Crippen LogP contribution in [-0.2, 0) is 0 Å². The second kappa shape index (κ2) is 3.66. The molecule has 1 saturated heterocycles. The average Bonchev–Trinajstić information content (AvgIpc) is 2.74. The summed E-state index contributed by atoms with van der Waals surface area (Å²) >= 11 is 0. The summed E-state index contributed by atoms with van der Waals surface area (Å²) in [5, 5.41) is 3.50. The molecule has 0 spiro atoms. The van der Waals surface area contributed by atoms with E-state index in [1.807, 2.05) is 12.1 Å². The topological polar surface area (TPSA) is 40.7 Å². The van der Waals surface area contributed by atoms with E-state index in [2.05, 4.69) is 27.4 Å². The van der Waals surface area contributed by atoms with Gasteiger partial charge in [0, 0.05) is 0 Å². The lowest BCUT2D eigenvalue weighted by Crippen LogP contribution is -2.27. The molecule has 0 bridgehead atoms. The number of H-pyrrole nitrogens is 1. The summed E-state index contributed by atoms with van der Waals surface area (Å²) in [5.41, 5.74) is 2.21. The van der Waals surface area contributed by atoms with Crippen molar-refractivity contribution in [1.29, 1.82) is 0 Å². The smallest absolute Gasteiger partial charge is 0.124 e. The van der Waals surface area contributed by atoms with E-state index in [9.17, 15) is 0 Å². The highest BCUT2D eigenvalue weighted by molar-refractivity contribution is 5.74. The Hall–Kier alpha value is -1.35. The van der Waals surface area contributed by atoms with Crippen LogP contribution in [0.5, 0.6) is 0 Å². The van der Waals surface area contributed by atoms with Gasteiger partial charge < -0.3 is 10.3 Å². The molecule has 1 aliphatic heterocycles. The first-order chi connectivity index (χ1) is 7.43. The SMILES string of the molecule is c1ccc2[nH]c([C@@H]3CCCCN3)nc2c1. The Kier molecular flexibility index (Phi) is 2.18. The number of fused-ring (bicyclic) bond motifs is 1. The fraction of sp³-hybridized carbons (Fsp3) is 0.417. The first-order valence-corrected chi connectivity index (χ1v) is 5.61. The molecule has 2 heterocycles. The number of aromatic amines is 1. The summed E-state index contributed by atoms with van der Waals surface area (Å²) in [6.07, 6.45) is 3.78. The minimum atomic E-state index is 0.422. The van der Waals surface area contributed by atoms with E-state index < -0.39 is 0 Å². The third-order valence-corrected chi connectivity index (χ3v) is 3.05. The number of rotatable bonds is 1. The highest BCUT2D eigenvalue weighted by Gasteiger charge is 2.17. The standard InChI is InChI=1S/C12H15N3/c1-2-6-10-9(5-1)14-12(15-10)11-7-3-4-8-13-11/h1-2,5-6,11,13H,3-4,7-8H2,(H,14,15)/t11-/m0/s1. The zero-order valence-electron chi connectivity index (χ0n) is 8.66. The lowest BCUT2D eigenvalue weighted by atomic mass is 10.0. The Balaban J connectivity index is 1.96. The Labute approximate surface area is 88.9 Å². The number of imidazole rings is 1. The molecule has 2 N–H and O–H groups in total. The minimum Gasteiger partial charge on any atom is -0.341 e. The Morgan fingerprint density at radius 2 is 2.13 bits per heavy atom. The number of aromatic nitrogens is 2. The Morgan fingerprint density at radius 1 is 1.20 bits per heavy atom. The molecular formula is C12H15N3. The normalized spacial score (nSPS) is 22.0. The molecule has 2 aromatic rings. The van der Waals surface area contributed by atoms with Gasteiger partial charge in [0.2, 0.25) is 0 Å². The molecule has 78 valence electrons. The van der Waals surface area contributed by atoms with Crippen molar-refractivity contribution in [2.75, 3.05) is 6.54 Å². The second-order valence-electron chi connectivity index (χ2n) is 4.14. The van der Waals surface area contributed by atoms with Gasteiger partial charge in [0.1, 0.15) is 5.82 Å². The quantitative estimate of drug-likeness (QED) is 0.743. The van der Waals surface area contributed by atoms with Crippen LogP contribution in [0.3, 0.4) is 0 Å². The molecule has 3 rings (SSSR count). The van der Waals surface area contributed by atoms with Crippen molar-refractivity contribution < 1.29 is 0 Å². The molecule has 15 heavy (non-hydrogen) atoms. The molecule has 1 aliphatic rings. The van der Waals surface area contributed by atoms with Gasteiger partial charge in [0.25, 0.3) is 0 Å². The van der Waals surface area contributed by atoms with Crippen molar-refractivity contribution in [3.05, 3.63) is 30.1 Å². The van der Waals surface area contributed by atoms with Crippen LogP contribution in [0, 0.1) is 0 Å². The Morgan fingerprint density at radius 3 is 2.93 bits per heavy atom. The van der Waals surface area contributed by atoms with Gasteiger partial charge >= 0.3 is 0 Å². The van der Waals surface area contributed by atoms with E-state index in [-0.39, 0.29) is 0 Å². The molecule has 1 aromatic heterocycles. The van der Waals surface area contributed by atoms with E-state index in [0.717, 1.165) is 23.4 Å². The van der Waals surface area contributed by atoms with Gasteiger partial charge in [-0.05, 0) is 31.5 Å². The van der Waals surface area contributed by atoms with Crippen LogP contribution < -0.4 is 5.32 Å². The molecule has 1 atom stereocenters. The van der Waals surface area contributed by atoms with Gasteiger partial charge in [-0.3, -0.25) is 0 Å². The summed E-state index contributed by atoms with van der Waals surface area (Å²) in [5.74, 6) is 1.09. The fourth-order valence-electron chi connectivity index (χ4n) is 2.22. The Bertz CT molecular complexity index is 422. The first-order valence-electron chi connectivity index (χ1n) is 5.61. The number of benzene rings is 1. The predicted octanol–water partition coefficient (Wildman–Crippen LogP) is 2.38. The number of hydrogen-bond donors (Lipinski definition) is 2. The number of nitrogens with zero attached hydrogens (tertiary/aromatic N) is 1. The average molecular weight is 201 g/mol. The molecule has 0 radical (unpaired) electrons. The van der Waals surface area contributed by atoms with E-state index in [1.54, 1.807) is 0 Å². The van der Waals surface area contributed by atoms with Gasteiger partial charge in [-0.1, -0.05) is 18.6 Å². The molecule has 0 aliphatic carbocycles. The van der Waals surface area contributed by atoms with Gasteiger partial charge in [0.05, 0.1) is 17.1 Å². The van der Waals surface area contributed by atoms with Crippen LogP contribution >= 0.6 is 0 Å². The van der Waals surface area contributed by atoms with Crippen LogP contribution in [0.2, 0.25) is 0 Å². The maximum Gasteiger partial charge on any atom is 0.124 e. The maximum atomic E-state index is 4.62. The van der Waals surface area contributed by atoms with Crippen molar-refractivity contribution in [2.45, 2.75) is 25.3 Å². The van der Waals surface area contributed by atoms with Crippen LogP contribution in [-0.4, -0.2) is 16.5 Å². The number of para-hydroxylation sites is 2. The molecule has 0 amide bonds. The highest BCUT2D eigenvalue weighted by Crippen LogP contribution is 2.22.